The topological polar surface area (TPSA) is 109 Å². The second-order valence-electron chi connectivity index (χ2n) is 4.54. The fourth-order valence-electron chi connectivity index (χ4n) is 2.11. The Kier molecular flexibility index (Phi) is 2.91. The molecule has 6 nitrogen and oxygen atoms in total. The minimum Gasteiger partial charge on any atom is -0.478 e. The van der Waals surface area contributed by atoms with Crippen LogP contribution in [0.5, 0.6) is 0 Å². The number of aromatic carboxylic acids is 1. The van der Waals surface area contributed by atoms with Crippen LogP contribution in [0.3, 0.4) is 0 Å². The summed E-state index contributed by atoms with van der Waals surface area (Å²) in [6.45, 7) is 0. The number of aromatic amines is 1. The van der Waals surface area contributed by atoms with Gasteiger partial charge in [0.15, 0.2) is 0 Å². The van der Waals surface area contributed by atoms with Crippen molar-refractivity contribution in [2.24, 2.45) is 0 Å². The van der Waals surface area contributed by atoms with E-state index in [2.05, 4.69) is 9.97 Å². The van der Waals surface area contributed by atoms with Crippen molar-refractivity contribution < 1.29 is 9.90 Å². The van der Waals surface area contributed by atoms with Crippen molar-refractivity contribution in [2.75, 3.05) is 5.73 Å². The van der Waals surface area contributed by atoms with Crippen molar-refractivity contribution in [3.05, 3.63) is 58.4 Å². The van der Waals surface area contributed by atoms with Crippen molar-refractivity contribution in [3.8, 4) is 11.4 Å². The molecule has 0 spiro atoms. The molecule has 0 amide bonds. The van der Waals surface area contributed by atoms with Crippen molar-refractivity contribution in [1.29, 1.82) is 0 Å². The van der Waals surface area contributed by atoms with E-state index in [9.17, 15) is 9.59 Å². The van der Waals surface area contributed by atoms with E-state index in [0.717, 1.165) is 0 Å². The Bertz CT molecular complexity index is 915. The Morgan fingerprint density at radius 1 is 1.19 bits per heavy atom. The monoisotopic (exact) mass is 281 g/mol. The second-order valence-corrected chi connectivity index (χ2v) is 4.54. The third kappa shape index (κ3) is 2.23. The Balaban J connectivity index is 2.26. The number of fused-ring (bicyclic) bond motifs is 1. The molecule has 0 aliphatic carbocycles. The Labute approximate surface area is 118 Å². The SMILES string of the molecule is Nc1ccccc1-c1nc2ccc(C(=O)O)cc2c(=O)[nH]1. The Hall–Kier alpha value is -3.15. The number of nitrogens with two attached hydrogens (primary N) is 1. The first kappa shape index (κ1) is 12.9. The summed E-state index contributed by atoms with van der Waals surface area (Å²) in [4.78, 5) is 30.0. The molecule has 0 aliphatic rings. The third-order valence-electron chi connectivity index (χ3n) is 3.17. The van der Waals surface area contributed by atoms with Crippen molar-refractivity contribution in [2.45, 2.75) is 0 Å². The molecular weight excluding hydrogens is 270 g/mol. The van der Waals surface area contributed by atoms with Gasteiger partial charge < -0.3 is 15.8 Å². The number of para-hydroxylation sites is 1. The molecule has 0 radical (unpaired) electrons. The minimum atomic E-state index is -1.09. The quantitative estimate of drug-likeness (QED) is 0.621. The average Bonchev–Trinajstić information content (AvgIpc) is 2.47. The molecule has 0 atom stereocenters. The second kappa shape index (κ2) is 4.75. The number of aromatic nitrogens is 2. The highest BCUT2D eigenvalue weighted by Crippen LogP contribution is 2.22. The molecule has 2 aromatic carbocycles. The number of hydrogen-bond donors (Lipinski definition) is 3. The molecule has 0 fully saturated rings. The lowest BCUT2D eigenvalue weighted by molar-refractivity contribution is 0.0697. The summed E-state index contributed by atoms with van der Waals surface area (Å²) in [5.41, 5.74) is 7.06. The number of anilines is 1. The van der Waals surface area contributed by atoms with E-state index in [-0.39, 0.29) is 10.9 Å². The molecule has 104 valence electrons. The molecule has 3 aromatic rings. The summed E-state index contributed by atoms with van der Waals surface area (Å²) in [5, 5.41) is 9.18. The highest BCUT2D eigenvalue weighted by molar-refractivity contribution is 5.93. The number of nitrogens with zero attached hydrogens (tertiary/aromatic N) is 1. The first-order chi connectivity index (χ1) is 10.1. The molecule has 21 heavy (non-hydrogen) atoms. The van der Waals surface area contributed by atoms with Crippen LogP contribution in [0.15, 0.2) is 47.3 Å². The van der Waals surface area contributed by atoms with Crippen LogP contribution in [0.1, 0.15) is 10.4 Å². The van der Waals surface area contributed by atoms with Gasteiger partial charge in [0.2, 0.25) is 0 Å². The largest absolute Gasteiger partial charge is 0.478 e. The fraction of sp³-hybridized carbons (Fsp3) is 0. The lowest BCUT2D eigenvalue weighted by Crippen LogP contribution is -2.11. The number of benzene rings is 2. The van der Waals surface area contributed by atoms with Crippen LogP contribution in [0, 0.1) is 0 Å². The molecule has 0 aliphatic heterocycles. The maximum absolute atomic E-state index is 12.1. The Morgan fingerprint density at radius 2 is 1.95 bits per heavy atom. The van der Waals surface area contributed by atoms with Crippen LogP contribution in [-0.4, -0.2) is 21.0 Å². The molecular formula is C15H11N3O3. The molecule has 1 aromatic heterocycles. The summed E-state index contributed by atoms with van der Waals surface area (Å²) in [5.74, 6) is -0.735. The van der Waals surface area contributed by atoms with Crippen molar-refractivity contribution in [1.82, 2.24) is 9.97 Å². The average molecular weight is 281 g/mol. The van der Waals surface area contributed by atoms with E-state index in [1.807, 2.05) is 0 Å². The van der Waals surface area contributed by atoms with Crippen LogP contribution in [-0.2, 0) is 0 Å². The van der Waals surface area contributed by atoms with Gasteiger partial charge in [-0.2, -0.15) is 0 Å². The molecule has 0 saturated carbocycles. The van der Waals surface area contributed by atoms with Gasteiger partial charge in [0, 0.05) is 11.3 Å². The van der Waals surface area contributed by atoms with Gasteiger partial charge in [-0.3, -0.25) is 4.79 Å². The number of carboxylic acid groups (broad SMARTS) is 1. The van der Waals surface area contributed by atoms with Gasteiger partial charge in [-0.25, -0.2) is 9.78 Å². The first-order valence-electron chi connectivity index (χ1n) is 6.18. The third-order valence-corrected chi connectivity index (χ3v) is 3.17. The first-order valence-corrected chi connectivity index (χ1v) is 6.18. The van der Waals surface area contributed by atoms with Gasteiger partial charge in [-0.1, -0.05) is 12.1 Å². The molecule has 4 N–H and O–H groups in total. The van der Waals surface area contributed by atoms with Crippen molar-refractivity contribution >= 4 is 22.6 Å². The van der Waals surface area contributed by atoms with Crippen LogP contribution in [0.4, 0.5) is 5.69 Å². The highest BCUT2D eigenvalue weighted by Gasteiger charge is 2.10. The lowest BCUT2D eigenvalue weighted by atomic mass is 10.1. The van der Waals surface area contributed by atoms with Gasteiger partial charge in [0.1, 0.15) is 5.82 Å². The number of carbonyl (C=O) groups is 1. The zero-order valence-corrected chi connectivity index (χ0v) is 10.8. The standard InChI is InChI=1S/C15H11N3O3/c16-11-4-2-1-3-9(11)13-17-12-6-5-8(15(20)21)7-10(12)14(19)18-13/h1-7H,16H2,(H,20,21)(H,17,18,19). The number of hydrogen-bond acceptors (Lipinski definition) is 4. The summed E-state index contributed by atoms with van der Waals surface area (Å²) < 4.78 is 0. The van der Waals surface area contributed by atoms with Crippen molar-refractivity contribution in [3.63, 3.8) is 0 Å². The predicted molar refractivity (Wildman–Crippen MR) is 79.2 cm³/mol. The normalized spacial score (nSPS) is 10.7. The zero-order valence-electron chi connectivity index (χ0n) is 10.8. The number of rotatable bonds is 2. The van der Waals surface area contributed by atoms with Gasteiger partial charge in [-0.05, 0) is 30.3 Å². The predicted octanol–water partition coefficient (Wildman–Crippen LogP) is 1.87. The fourth-order valence-corrected chi connectivity index (χ4v) is 2.11. The van der Waals surface area contributed by atoms with E-state index in [1.165, 1.54) is 18.2 Å². The van der Waals surface area contributed by atoms with Crippen LogP contribution < -0.4 is 11.3 Å². The molecule has 0 unspecified atom stereocenters. The number of nitrogen functional groups attached to an aromatic ring is 1. The van der Waals surface area contributed by atoms with Gasteiger partial charge >= 0.3 is 5.97 Å². The highest BCUT2D eigenvalue weighted by atomic mass is 16.4. The van der Waals surface area contributed by atoms with E-state index >= 15 is 0 Å². The molecule has 0 saturated heterocycles. The summed E-state index contributed by atoms with van der Waals surface area (Å²) in [7, 11) is 0. The van der Waals surface area contributed by atoms with Gasteiger partial charge in [0.25, 0.3) is 5.56 Å². The molecule has 6 heteroatoms. The molecule has 1 heterocycles. The maximum Gasteiger partial charge on any atom is 0.335 e. The van der Waals surface area contributed by atoms with Crippen LogP contribution in [0.25, 0.3) is 22.3 Å². The number of carboxylic acids is 1. The van der Waals surface area contributed by atoms with E-state index in [1.54, 1.807) is 24.3 Å². The zero-order chi connectivity index (χ0) is 15.0. The van der Waals surface area contributed by atoms with Crippen LogP contribution >= 0.6 is 0 Å². The number of H-pyrrole nitrogens is 1. The minimum absolute atomic E-state index is 0.0433. The van der Waals surface area contributed by atoms with E-state index < -0.39 is 11.5 Å². The smallest absolute Gasteiger partial charge is 0.335 e. The van der Waals surface area contributed by atoms with E-state index in [0.29, 0.717) is 22.6 Å². The van der Waals surface area contributed by atoms with E-state index in [4.69, 9.17) is 10.8 Å². The summed E-state index contributed by atoms with van der Waals surface area (Å²) in [6, 6.07) is 11.3. The molecule has 0 bridgehead atoms. The maximum atomic E-state index is 12.1. The summed E-state index contributed by atoms with van der Waals surface area (Å²) in [6.07, 6.45) is 0. The Morgan fingerprint density at radius 3 is 2.67 bits per heavy atom. The molecule has 3 rings (SSSR count). The van der Waals surface area contributed by atoms with Gasteiger partial charge in [0.05, 0.1) is 16.5 Å². The number of nitrogens with one attached hydrogen (secondary N) is 1. The lowest BCUT2D eigenvalue weighted by Gasteiger charge is -2.06. The summed E-state index contributed by atoms with van der Waals surface area (Å²) >= 11 is 0. The van der Waals surface area contributed by atoms with Gasteiger partial charge in [-0.15, -0.1) is 0 Å². The van der Waals surface area contributed by atoms with Crippen LogP contribution in [0.2, 0.25) is 0 Å².